The van der Waals surface area contributed by atoms with Gasteiger partial charge < -0.3 is 31.2 Å². The first-order valence-corrected chi connectivity index (χ1v) is 4.94. The molecule has 0 radical (unpaired) electrons. The van der Waals surface area contributed by atoms with Crippen LogP contribution >= 0.6 is 0 Å². The largest absolute Gasteiger partial charge is 0.494 e. The van der Waals surface area contributed by atoms with Crippen LogP contribution in [-0.4, -0.2) is 45.7 Å². The molecule has 8 N–H and O–H groups in total. The van der Waals surface area contributed by atoms with Gasteiger partial charge in [-0.2, -0.15) is 0 Å². The van der Waals surface area contributed by atoms with E-state index in [1.165, 1.54) is 0 Å². The van der Waals surface area contributed by atoms with Gasteiger partial charge in [0.1, 0.15) is 11.3 Å². The molecular formula is C11H18BNO6. The normalized spacial score (nSPS) is 8.84. The summed E-state index contributed by atoms with van der Waals surface area (Å²) in [5, 5.41) is 19.2. The molecule has 2 aromatic rings. The van der Waals surface area contributed by atoms with Gasteiger partial charge in [0.2, 0.25) is 0 Å². The van der Waals surface area contributed by atoms with Crippen LogP contribution in [0.15, 0.2) is 24.3 Å². The molecule has 0 aliphatic heterocycles. The van der Waals surface area contributed by atoms with E-state index < -0.39 is 7.12 Å². The molecule has 1 heterocycles. The van der Waals surface area contributed by atoms with Crippen LogP contribution in [0.4, 0.5) is 0 Å². The fraction of sp³-hybridized carbons (Fsp3) is 0.182. The zero-order valence-electron chi connectivity index (χ0n) is 10.6. The Kier molecular flexibility index (Phi) is 7.92. The highest BCUT2D eigenvalue weighted by Gasteiger charge is 2.17. The van der Waals surface area contributed by atoms with Gasteiger partial charge in [0.15, 0.2) is 0 Å². The molecular weight excluding hydrogens is 253 g/mol. The minimum absolute atomic E-state index is 0. The van der Waals surface area contributed by atoms with Crippen molar-refractivity contribution in [3.8, 4) is 5.75 Å². The molecule has 1 aromatic heterocycles. The maximum Gasteiger partial charge on any atom is 0.489 e. The van der Waals surface area contributed by atoms with E-state index in [9.17, 15) is 10.0 Å². The van der Waals surface area contributed by atoms with Crippen LogP contribution in [-0.2, 0) is 0 Å². The molecule has 0 fully saturated rings. The Bertz CT molecular complexity index is 534. The lowest BCUT2D eigenvalue weighted by Crippen LogP contribution is -2.30. The van der Waals surface area contributed by atoms with E-state index >= 15 is 0 Å². The third-order valence-corrected chi connectivity index (χ3v) is 2.49. The Morgan fingerprint density at radius 1 is 1.05 bits per heavy atom. The zero-order valence-corrected chi connectivity index (χ0v) is 10.6. The van der Waals surface area contributed by atoms with Crippen LogP contribution in [0.2, 0.25) is 0 Å². The zero-order chi connectivity index (χ0) is 11.7. The van der Waals surface area contributed by atoms with E-state index in [1.54, 1.807) is 19.2 Å². The van der Waals surface area contributed by atoms with Crippen LogP contribution in [0.25, 0.3) is 10.9 Å². The van der Waals surface area contributed by atoms with E-state index in [-0.39, 0.29) is 16.4 Å². The highest BCUT2D eigenvalue weighted by atomic mass is 16.5. The first-order chi connectivity index (χ1) is 7.63. The number of hydrogen-bond acceptors (Lipinski definition) is 4. The maximum atomic E-state index is 9.24. The third kappa shape index (κ3) is 3.63. The van der Waals surface area contributed by atoms with E-state index in [1.807, 2.05) is 19.1 Å². The summed E-state index contributed by atoms with van der Waals surface area (Å²) in [6.07, 6.45) is 0. The highest BCUT2D eigenvalue weighted by molar-refractivity contribution is 6.62. The number of aromatic nitrogens is 1. The molecule has 0 spiro atoms. The molecule has 1 aromatic carbocycles. The van der Waals surface area contributed by atoms with E-state index in [0.717, 1.165) is 5.69 Å². The number of nitrogens with zero attached hydrogens (tertiary/aromatic N) is 1. The van der Waals surface area contributed by atoms with Crippen LogP contribution in [0, 0.1) is 6.92 Å². The van der Waals surface area contributed by atoms with Crippen molar-refractivity contribution in [1.29, 1.82) is 0 Å². The minimum Gasteiger partial charge on any atom is -0.494 e. The van der Waals surface area contributed by atoms with Gasteiger partial charge in [-0.1, -0.05) is 12.1 Å². The quantitative estimate of drug-likeness (QED) is 0.591. The summed E-state index contributed by atoms with van der Waals surface area (Å²) in [5.41, 5.74) is 1.94. The predicted molar refractivity (Wildman–Crippen MR) is 73.7 cm³/mol. The summed E-state index contributed by atoms with van der Waals surface area (Å²) in [7, 11) is 0.0614. The molecule has 2 rings (SSSR count). The van der Waals surface area contributed by atoms with Gasteiger partial charge in [-0.3, -0.25) is 0 Å². The first kappa shape index (κ1) is 19.6. The van der Waals surface area contributed by atoms with Crippen LogP contribution < -0.4 is 10.2 Å². The summed E-state index contributed by atoms with van der Waals surface area (Å²) < 4.78 is 5.19. The van der Waals surface area contributed by atoms with Crippen LogP contribution in [0.1, 0.15) is 5.69 Å². The lowest BCUT2D eigenvalue weighted by Gasteiger charge is -2.09. The molecule has 7 nitrogen and oxygen atoms in total. The smallest absolute Gasteiger partial charge is 0.489 e. The van der Waals surface area contributed by atoms with E-state index in [4.69, 9.17) is 4.74 Å². The monoisotopic (exact) mass is 271 g/mol. The van der Waals surface area contributed by atoms with Gasteiger partial charge in [-0.15, -0.1) is 0 Å². The van der Waals surface area contributed by atoms with Gasteiger partial charge in [0, 0.05) is 11.1 Å². The van der Waals surface area contributed by atoms with Crippen molar-refractivity contribution in [2.75, 3.05) is 7.11 Å². The standard InChI is InChI=1S/C11H12BNO3.3H2O/c1-7-3-4-8-9(12(14)15)5-6-10(16-2)11(8)13-7;;;/h3-6,14-15H,1-2H3;3*1H2. The molecule has 0 saturated carbocycles. The van der Waals surface area contributed by atoms with Gasteiger partial charge in [-0.05, 0) is 24.5 Å². The number of fused-ring (bicyclic) bond motifs is 1. The van der Waals surface area contributed by atoms with Gasteiger partial charge >= 0.3 is 7.12 Å². The number of methoxy groups -OCH3 is 1. The molecule has 8 heteroatoms. The second kappa shape index (κ2) is 7.67. The summed E-state index contributed by atoms with van der Waals surface area (Å²) >= 11 is 0. The number of rotatable bonds is 2. The molecule has 0 bridgehead atoms. The Balaban J connectivity index is 0. The third-order valence-electron chi connectivity index (χ3n) is 2.49. The number of ether oxygens (including phenoxy) is 1. The minimum atomic E-state index is -1.50. The van der Waals surface area contributed by atoms with E-state index in [2.05, 4.69) is 4.98 Å². The van der Waals surface area contributed by atoms with Crippen LogP contribution in [0.5, 0.6) is 5.75 Å². The lowest BCUT2D eigenvalue weighted by molar-refractivity contribution is 0.418. The topological polar surface area (TPSA) is 157 Å². The van der Waals surface area contributed by atoms with Crippen molar-refractivity contribution < 1.29 is 31.2 Å². The van der Waals surface area contributed by atoms with Gasteiger partial charge in [0.05, 0.1) is 7.11 Å². The second-order valence-corrected chi connectivity index (χ2v) is 3.58. The molecule has 0 aliphatic carbocycles. The first-order valence-electron chi connectivity index (χ1n) is 4.94. The number of pyridine rings is 1. The fourth-order valence-corrected chi connectivity index (χ4v) is 1.70. The maximum absolute atomic E-state index is 9.24. The number of aryl methyl sites for hydroxylation is 1. The number of benzene rings is 1. The van der Waals surface area contributed by atoms with Crippen molar-refractivity contribution in [2.24, 2.45) is 0 Å². The fourth-order valence-electron chi connectivity index (χ4n) is 1.70. The summed E-state index contributed by atoms with van der Waals surface area (Å²) in [4.78, 5) is 4.34. The Morgan fingerprint density at radius 3 is 2.21 bits per heavy atom. The molecule has 19 heavy (non-hydrogen) atoms. The van der Waals surface area contributed by atoms with Gasteiger partial charge in [0.25, 0.3) is 0 Å². The summed E-state index contributed by atoms with van der Waals surface area (Å²) in [6, 6.07) is 6.95. The molecule has 0 unspecified atom stereocenters. The molecule has 0 atom stereocenters. The van der Waals surface area contributed by atoms with Crippen molar-refractivity contribution in [2.45, 2.75) is 6.92 Å². The predicted octanol–water partition coefficient (Wildman–Crippen LogP) is -2.24. The average molecular weight is 271 g/mol. The van der Waals surface area contributed by atoms with Crippen molar-refractivity contribution in [3.63, 3.8) is 0 Å². The van der Waals surface area contributed by atoms with Crippen molar-refractivity contribution in [3.05, 3.63) is 30.0 Å². The van der Waals surface area contributed by atoms with E-state index in [0.29, 0.717) is 22.1 Å². The average Bonchev–Trinajstić information content (AvgIpc) is 2.27. The SMILES string of the molecule is COc1ccc(B(O)O)c2ccc(C)nc12.O.O.O. The van der Waals surface area contributed by atoms with Crippen molar-refractivity contribution in [1.82, 2.24) is 4.98 Å². The Labute approximate surface area is 110 Å². The second-order valence-electron chi connectivity index (χ2n) is 3.58. The Hall–Kier alpha value is -1.71. The Morgan fingerprint density at radius 2 is 1.68 bits per heavy atom. The lowest BCUT2D eigenvalue weighted by atomic mass is 9.77. The molecule has 0 amide bonds. The molecule has 0 aliphatic rings. The summed E-state index contributed by atoms with van der Waals surface area (Å²) in [6.45, 7) is 1.88. The highest BCUT2D eigenvalue weighted by Crippen LogP contribution is 2.22. The van der Waals surface area contributed by atoms with Gasteiger partial charge in [-0.25, -0.2) is 4.98 Å². The molecule has 0 saturated heterocycles. The number of hydrogen-bond donors (Lipinski definition) is 2. The summed E-state index contributed by atoms with van der Waals surface area (Å²) in [5.74, 6) is 0.628. The molecule has 106 valence electrons. The van der Waals surface area contributed by atoms with Crippen molar-refractivity contribution >= 4 is 23.5 Å². The van der Waals surface area contributed by atoms with Crippen LogP contribution in [0.3, 0.4) is 0 Å².